The van der Waals surface area contributed by atoms with Crippen molar-refractivity contribution in [2.75, 3.05) is 4.90 Å². The molecule has 0 N–H and O–H groups in total. The lowest BCUT2D eigenvalue weighted by Gasteiger charge is -2.28. The molecule has 1 nitrogen and oxygen atoms in total. The smallest absolute Gasteiger partial charge is 0.0645 e. The lowest BCUT2D eigenvalue weighted by atomic mass is 9.89. The SMILES string of the molecule is [2H]c1c([2H])c(N(c2ccc(-c3ccc4ccccc4c3-c3ccccc3)cc2)c2ccccc2-c2ccccc2)c([2H])c([2H])c1-c1ccc(-c2ccccc2)c(-c2ccccc2)c1. The third-order valence-corrected chi connectivity index (χ3v) is 11.0. The van der Waals surface area contributed by atoms with Crippen molar-refractivity contribution in [2.45, 2.75) is 0 Å². The first-order valence-corrected chi connectivity index (χ1v) is 19.9. The molecular formula is C58H41N. The van der Waals surface area contributed by atoms with Gasteiger partial charge in [0.25, 0.3) is 0 Å². The van der Waals surface area contributed by atoms with Crippen LogP contribution in [-0.4, -0.2) is 0 Å². The van der Waals surface area contributed by atoms with Crippen molar-refractivity contribution >= 4 is 27.8 Å². The van der Waals surface area contributed by atoms with Crippen LogP contribution in [0.5, 0.6) is 0 Å². The van der Waals surface area contributed by atoms with E-state index in [1.807, 2.05) is 132 Å². The summed E-state index contributed by atoms with van der Waals surface area (Å²) < 4.78 is 38.8. The molecule has 0 fully saturated rings. The Kier molecular flexibility index (Phi) is 8.51. The highest BCUT2D eigenvalue weighted by Gasteiger charge is 2.19. The van der Waals surface area contributed by atoms with Crippen molar-refractivity contribution in [1.29, 1.82) is 0 Å². The fraction of sp³-hybridized carbons (Fsp3) is 0. The molecule has 59 heavy (non-hydrogen) atoms. The number of benzene rings is 10. The molecule has 0 amide bonds. The Morgan fingerprint density at radius 1 is 0.288 bits per heavy atom. The topological polar surface area (TPSA) is 3.24 Å². The van der Waals surface area contributed by atoms with Crippen LogP contribution in [0.4, 0.5) is 17.1 Å². The molecule has 0 atom stereocenters. The largest absolute Gasteiger partial charge is 0.310 e. The molecule has 10 aromatic carbocycles. The Morgan fingerprint density at radius 2 is 0.780 bits per heavy atom. The summed E-state index contributed by atoms with van der Waals surface area (Å²) in [5.41, 5.74) is 12.7. The van der Waals surface area contributed by atoms with Gasteiger partial charge in [-0.1, -0.05) is 212 Å². The third kappa shape index (κ3) is 7.12. The second-order valence-electron chi connectivity index (χ2n) is 14.6. The molecule has 0 saturated heterocycles. The number of fused-ring (bicyclic) bond motifs is 1. The van der Waals surface area contributed by atoms with Crippen molar-refractivity contribution in [3.8, 4) is 66.8 Å². The molecule has 0 aliphatic carbocycles. The van der Waals surface area contributed by atoms with Gasteiger partial charge in [0.15, 0.2) is 0 Å². The van der Waals surface area contributed by atoms with E-state index in [4.69, 9.17) is 0 Å². The van der Waals surface area contributed by atoms with Crippen molar-refractivity contribution in [1.82, 2.24) is 0 Å². The first-order chi connectivity index (χ1) is 31.0. The lowest BCUT2D eigenvalue weighted by Crippen LogP contribution is -2.11. The summed E-state index contributed by atoms with van der Waals surface area (Å²) in [6, 6.07) is 75.2. The summed E-state index contributed by atoms with van der Waals surface area (Å²) in [5.74, 6) is 0. The Bertz CT molecular complexity index is 3210. The number of anilines is 3. The molecule has 0 saturated carbocycles. The van der Waals surface area contributed by atoms with Crippen LogP contribution in [0.1, 0.15) is 5.48 Å². The number of nitrogens with zero attached hydrogens (tertiary/aromatic N) is 1. The Morgan fingerprint density at radius 3 is 1.44 bits per heavy atom. The van der Waals surface area contributed by atoms with Gasteiger partial charge in [-0.2, -0.15) is 0 Å². The highest BCUT2D eigenvalue weighted by Crippen LogP contribution is 2.44. The van der Waals surface area contributed by atoms with E-state index in [-0.39, 0.29) is 35.4 Å². The molecular weight excluding hydrogens is 711 g/mol. The van der Waals surface area contributed by atoms with Gasteiger partial charge in [-0.05, 0) is 108 Å². The van der Waals surface area contributed by atoms with Crippen molar-refractivity contribution in [2.24, 2.45) is 0 Å². The lowest BCUT2D eigenvalue weighted by molar-refractivity contribution is 1.28. The molecule has 0 spiro atoms. The average Bonchev–Trinajstić information content (AvgIpc) is 3.35. The van der Waals surface area contributed by atoms with E-state index in [2.05, 4.69) is 97.1 Å². The minimum Gasteiger partial charge on any atom is -0.310 e. The quantitative estimate of drug-likeness (QED) is 0.142. The van der Waals surface area contributed by atoms with Crippen LogP contribution in [0.3, 0.4) is 0 Å². The zero-order valence-corrected chi connectivity index (χ0v) is 32.3. The predicted octanol–water partition coefficient (Wildman–Crippen LogP) is 16.3. The second-order valence-corrected chi connectivity index (χ2v) is 14.6. The Hall–Kier alpha value is -7.74. The van der Waals surface area contributed by atoms with E-state index >= 15 is 0 Å². The maximum Gasteiger partial charge on any atom is 0.0645 e. The van der Waals surface area contributed by atoms with Crippen LogP contribution in [0.2, 0.25) is 0 Å². The summed E-state index contributed by atoms with van der Waals surface area (Å²) in [4.78, 5) is 1.89. The fourth-order valence-corrected chi connectivity index (χ4v) is 8.12. The maximum atomic E-state index is 9.77. The van der Waals surface area contributed by atoms with E-state index in [0.717, 1.165) is 72.1 Å². The van der Waals surface area contributed by atoms with Crippen LogP contribution in [0, 0.1) is 0 Å². The standard InChI is InChI=1S/C58H41N/c1-5-17-43(18-6-1)52-39-34-49(41-56(52)45-21-9-3-10-22-45)42-29-35-50(36-30-42)59(57-28-16-15-26-53(57)44-19-7-2-8-20-44)51-37-31-47(32-38-51)55-40-33-46-23-13-14-27-54(46)58(55)48-24-11-4-12-25-48/h1-41H/i29D,30D,35D,36D. The van der Waals surface area contributed by atoms with Gasteiger partial charge in [-0.15, -0.1) is 0 Å². The van der Waals surface area contributed by atoms with Gasteiger partial charge in [-0.25, -0.2) is 0 Å². The summed E-state index contributed by atoms with van der Waals surface area (Å²) >= 11 is 0. The maximum absolute atomic E-state index is 9.77. The van der Waals surface area contributed by atoms with Gasteiger partial charge >= 0.3 is 0 Å². The average molecular weight is 756 g/mol. The first kappa shape index (κ1) is 31.4. The molecule has 0 unspecified atom stereocenters. The highest BCUT2D eigenvalue weighted by atomic mass is 15.1. The van der Waals surface area contributed by atoms with E-state index in [9.17, 15) is 5.48 Å². The monoisotopic (exact) mass is 755 g/mol. The van der Waals surface area contributed by atoms with Gasteiger partial charge in [0, 0.05) is 16.9 Å². The van der Waals surface area contributed by atoms with Gasteiger partial charge < -0.3 is 4.90 Å². The van der Waals surface area contributed by atoms with Crippen LogP contribution >= 0.6 is 0 Å². The molecule has 0 aliphatic rings. The van der Waals surface area contributed by atoms with Gasteiger partial charge in [0.05, 0.1) is 11.2 Å². The number of hydrogen-bond acceptors (Lipinski definition) is 1. The Balaban J connectivity index is 1.16. The number of hydrogen-bond donors (Lipinski definition) is 0. The minimum atomic E-state index is -0.132. The molecule has 0 aliphatic heterocycles. The minimum absolute atomic E-state index is 0.111. The third-order valence-electron chi connectivity index (χ3n) is 11.0. The summed E-state index contributed by atoms with van der Waals surface area (Å²) in [6.07, 6.45) is 0. The number of rotatable bonds is 9. The molecule has 0 bridgehead atoms. The molecule has 278 valence electrons. The van der Waals surface area contributed by atoms with E-state index in [1.165, 1.54) is 0 Å². The highest BCUT2D eigenvalue weighted by molar-refractivity contribution is 6.04. The zero-order valence-electron chi connectivity index (χ0n) is 36.3. The van der Waals surface area contributed by atoms with Crippen molar-refractivity contribution < 1.29 is 5.48 Å². The molecule has 10 aromatic rings. The summed E-state index contributed by atoms with van der Waals surface area (Å²) in [5, 5.41) is 2.33. The van der Waals surface area contributed by atoms with Crippen molar-refractivity contribution in [3.05, 3.63) is 249 Å². The van der Waals surface area contributed by atoms with Crippen molar-refractivity contribution in [3.63, 3.8) is 0 Å². The van der Waals surface area contributed by atoms with Gasteiger partial charge in [0.2, 0.25) is 0 Å². The fourth-order valence-electron chi connectivity index (χ4n) is 8.12. The summed E-state index contributed by atoms with van der Waals surface area (Å²) in [6.45, 7) is 0. The predicted molar refractivity (Wildman–Crippen MR) is 251 cm³/mol. The van der Waals surface area contributed by atoms with Crippen LogP contribution in [0.25, 0.3) is 77.5 Å². The second kappa shape index (κ2) is 16.0. The molecule has 0 heterocycles. The van der Waals surface area contributed by atoms with Crippen LogP contribution in [-0.2, 0) is 0 Å². The van der Waals surface area contributed by atoms with E-state index < -0.39 is 0 Å². The molecule has 1 heteroatoms. The summed E-state index contributed by atoms with van der Waals surface area (Å²) in [7, 11) is 0. The van der Waals surface area contributed by atoms with E-state index in [0.29, 0.717) is 11.3 Å². The van der Waals surface area contributed by atoms with E-state index in [1.54, 1.807) is 0 Å². The molecule has 10 rings (SSSR count). The van der Waals surface area contributed by atoms with Crippen LogP contribution in [0.15, 0.2) is 249 Å². The molecule has 0 aromatic heterocycles. The molecule has 0 radical (unpaired) electrons. The zero-order chi connectivity index (χ0) is 42.9. The number of para-hydroxylation sites is 1. The normalized spacial score (nSPS) is 12.0. The first-order valence-electron chi connectivity index (χ1n) is 21.9. The van der Waals surface area contributed by atoms with Gasteiger partial charge in [-0.3, -0.25) is 0 Å². The Labute approximate surface area is 352 Å². The van der Waals surface area contributed by atoms with Gasteiger partial charge in [0.1, 0.15) is 0 Å². The van der Waals surface area contributed by atoms with Crippen LogP contribution < -0.4 is 4.90 Å².